The van der Waals surface area contributed by atoms with Crippen LogP contribution in [-0.4, -0.2) is 31.4 Å². The molecule has 0 bridgehead atoms. The Labute approximate surface area is 110 Å². The van der Waals surface area contributed by atoms with Gasteiger partial charge in [0, 0.05) is 31.9 Å². The summed E-state index contributed by atoms with van der Waals surface area (Å²) in [5.74, 6) is -0.451. The summed E-state index contributed by atoms with van der Waals surface area (Å²) in [7, 11) is 3.00. The zero-order valence-corrected chi connectivity index (χ0v) is 11.1. The van der Waals surface area contributed by atoms with Gasteiger partial charge in [-0.05, 0) is 24.6 Å². The second-order valence-corrected chi connectivity index (χ2v) is 4.38. The van der Waals surface area contributed by atoms with Crippen LogP contribution >= 0.6 is 0 Å². The molecule has 1 N–H and O–H groups in total. The molecule has 1 rings (SSSR count). The van der Waals surface area contributed by atoms with Crippen LogP contribution in [0.25, 0.3) is 0 Å². The maximum Gasteiger partial charge on any atom is 0.418 e. The third kappa shape index (κ3) is 3.87. The van der Waals surface area contributed by atoms with Crippen molar-refractivity contribution in [3.8, 4) is 0 Å². The van der Waals surface area contributed by atoms with E-state index in [1.54, 1.807) is 0 Å². The van der Waals surface area contributed by atoms with E-state index >= 15 is 0 Å². The lowest BCUT2D eigenvalue weighted by Gasteiger charge is -2.17. The van der Waals surface area contributed by atoms with Gasteiger partial charge in [0.05, 0.1) is 5.56 Å². The van der Waals surface area contributed by atoms with Crippen molar-refractivity contribution in [2.24, 2.45) is 0 Å². The van der Waals surface area contributed by atoms with Crippen LogP contribution in [0.4, 0.5) is 18.9 Å². The Hall–Kier alpha value is -1.72. The van der Waals surface area contributed by atoms with Crippen LogP contribution < -0.4 is 5.32 Å². The zero-order chi connectivity index (χ0) is 14.6. The molecular formula is C13H17F3N2O. The first kappa shape index (κ1) is 15.3. The number of hydrogen-bond acceptors (Lipinski definition) is 2. The molecule has 0 fully saturated rings. The van der Waals surface area contributed by atoms with E-state index in [2.05, 4.69) is 5.32 Å². The number of amides is 1. The summed E-state index contributed by atoms with van der Waals surface area (Å²) in [6, 6.07) is 3.59. The van der Waals surface area contributed by atoms with Gasteiger partial charge in [-0.2, -0.15) is 13.2 Å². The van der Waals surface area contributed by atoms with Crippen molar-refractivity contribution >= 4 is 11.6 Å². The number of rotatable bonds is 4. The highest BCUT2D eigenvalue weighted by atomic mass is 19.4. The molecular weight excluding hydrogens is 257 g/mol. The molecule has 3 nitrogen and oxygen atoms in total. The number of hydrogen-bond donors (Lipinski definition) is 1. The topological polar surface area (TPSA) is 32.3 Å². The number of anilines is 1. The quantitative estimate of drug-likeness (QED) is 0.914. The summed E-state index contributed by atoms with van der Waals surface area (Å²) in [6.45, 7) is 2.31. The lowest BCUT2D eigenvalue weighted by Crippen LogP contribution is -2.22. The predicted molar refractivity (Wildman–Crippen MR) is 68.2 cm³/mol. The van der Waals surface area contributed by atoms with E-state index < -0.39 is 17.6 Å². The largest absolute Gasteiger partial charge is 0.418 e. The first-order valence-electron chi connectivity index (χ1n) is 5.94. The fraction of sp³-hybridized carbons (Fsp3) is 0.462. The highest BCUT2D eigenvalue weighted by Crippen LogP contribution is 2.35. The third-order valence-electron chi connectivity index (χ3n) is 2.54. The third-order valence-corrected chi connectivity index (χ3v) is 2.54. The number of halogens is 3. The van der Waals surface area contributed by atoms with Crippen molar-refractivity contribution in [2.75, 3.05) is 26.0 Å². The van der Waals surface area contributed by atoms with Gasteiger partial charge in [-0.1, -0.05) is 6.92 Å². The first-order valence-corrected chi connectivity index (χ1v) is 5.94. The molecule has 0 aromatic heterocycles. The second kappa shape index (κ2) is 5.95. The summed E-state index contributed by atoms with van der Waals surface area (Å²) in [4.78, 5) is 12.9. The minimum atomic E-state index is -4.49. The predicted octanol–water partition coefficient (Wildman–Crippen LogP) is 3.23. The molecule has 0 unspecified atom stereocenters. The molecule has 0 atom stereocenters. The maximum atomic E-state index is 13.0. The van der Waals surface area contributed by atoms with E-state index in [4.69, 9.17) is 0 Å². The highest BCUT2D eigenvalue weighted by Gasteiger charge is 2.34. The monoisotopic (exact) mass is 274 g/mol. The van der Waals surface area contributed by atoms with E-state index in [0.717, 1.165) is 12.5 Å². The number of carbonyl (C=O) groups excluding carboxylic acids is 1. The van der Waals surface area contributed by atoms with Crippen molar-refractivity contribution in [3.63, 3.8) is 0 Å². The molecule has 106 valence electrons. The molecule has 0 spiro atoms. The summed E-state index contributed by atoms with van der Waals surface area (Å²) in [5.41, 5.74) is -0.780. The van der Waals surface area contributed by atoms with Crippen LogP contribution in [0, 0.1) is 0 Å². The van der Waals surface area contributed by atoms with Gasteiger partial charge < -0.3 is 10.2 Å². The number of nitrogens with one attached hydrogen (secondary N) is 1. The van der Waals surface area contributed by atoms with Crippen LogP contribution in [-0.2, 0) is 6.18 Å². The van der Waals surface area contributed by atoms with Gasteiger partial charge in [-0.3, -0.25) is 4.79 Å². The molecule has 6 heteroatoms. The summed E-state index contributed by atoms with van der Waals surface area (Å²) in [6.07, 6.45) is -3.77. The summed E-state index contributed by atoms with van der Waals surface area (Å²) >= 11 is 0. The van der Waals surface area contributed by atoms with Crippen LogP contribution in [0.5, 0.6) is 0 Å². The van der Waals surface area contributed by atoms with Gasteiger partial charge in [-0.25, -0.2) is 0 Å². The zero-order valence-electron chi connectivity index (χ0n) is 11.1. The van der Waals surface area contributed by atoms with Crippen LogP contribution in [0.1, 0.15) is 29.3 Å². The maximum absolute atomic E-state index is 13.0. The lowest BCUT2D eigenvalue weighted by atomic mass is 10.1. The van der Waals surface area contributed by atoms with Crippen molar-refractivity contribution in [1.82, 2.24) is 4.90 Å². The van der Waals surface area contributed by atoms with Gasteiger partial charge in [0.15, 0.2) is 0 Å². The summed E-state index contributed by atoms with van der Waals surface area (Å²) < 4.78 is 38.9. The SMILES string of the molecule is CCCNc1ccc(C(=O)N(C)C)cc1C(F)(F)F. The van der Waals surface area contributed by atoms with Crippen LogP contribution in [0.2, 0.25) is 0 Å². The fourth-order valence-corrected chi connectivity index (χ4v) is 1.58. The Morgan fingerprint density at radius 3 is 2.42 bits per heavy atom. The minimum Gasteiger partial charge on any atom is -0.385 e. The fourth-order valence-electron chi connectivity index (χ4n) is 1.58. The van der Waals surface area contributed by atoms with E-state index in [1.807, 2.05) is 6.92 Å². The van der Waals surface area contributed by atoms with Crippen LogP contribution in [0.3, 0.4) is 0 Å². The average Bonchev–Trinajstić information content (AvgIpc) is 2.34. The van der Waals surface area contributed by atoms with Crippen molar-refractivity contribution in [1.29, 1.82) is 0 Å². The second-order valence-electron chi connectivity index (χ2n) is 4.38. The molecule has 1 aromatic carbocycles. The Morgan fingerprint density at radius 2 is 1.95 bits per heavy atom. The minimum absolute atomic E-state index is 0.00431. The molecule has 0 aliphatic rings. The van der Waals surface area contributed by atoms with E-state index in [1.165, 1.54) is 31.1 Å². The molecule has 0 saturated carbocycles. The van der Waals surface area contributed by atoms with Crippen molar-refractivity contribution in [2.45, 2.75) is 19.5 Å². The average molecular weight is 274 g/mol. The van der Waals surface area contributed by atoms with E-state index in [-0.39, 0.29) is 11.3 Å². The lowest BCUT2D eigenvalue weighted by molar-refractivity contribution is -0.137. The smallest absolute Gasteiger partial charge is 0.385 e. The van der Waals surface area contributed by atoms with Gasteiger partial charge in [0.25, 0.3) is 5.91 Å². The standard InChI is InChI=1S/C13H17F3N2O/c1-4-7-17-11-6-5-9(12(19)18(2)3)8-10(11)13(14,15)16/h5-6,8,17H,4,7H2,1-3H3. The molecule has 0 radical (unpaired) electrons. The number of nitrogens with zero attached hydrogens (tertiary/aromatic N) is 1. The van der Waals surface area contributed by atoms with Gasteiger partial charge in [-0.15, -0.1) is 0 Å². The van der Waals surface area contributed by atoms with Gasteiger partial charge >= 0.3 is 6.18 Å². The van der Waals surface area contributed by atoms with Crippen LogP contribution in [0.15, 0.2) is 18.2 Å². The molecule has 1 aromatic rings. The normalized spacial score (nSPS) is 11.3. The molecule has 0 aliphatic carbocycles. The Kier molecular flexibility index (Phi) is 4.80. The Morgan fingerprint density at radius 1 is 1.32 bits per heavy atom. The number of benzene rings is 1. The summed E-state index contributed by atoms with van der Waals surface area (Å²) in [5, 5.41) is 2.72. The van der Waals surface area contributed by atoms with E-state index in [0.29, 0.717) is 6.54 Å². The van der Waals surface area contributed by atoms with Gasteiger partial charge in [0.2, 0.25) is 0 Å². The Bertz CT molecular complexity index is 456. The first-order chi connectivity index (χ1) is 8.77. The molecule has 0 aliphatic heterocycles. The van der Waals surface area contributed by atoms with Crippen molar-refractivity contribution in [3.05, 3.63) is 29.3 Å². The Balaban J connectivity index is 3.19. The highest BCUT2D eigenvalue weighted by molar-refractivity contribution is 5.94. The number of carbonyl (C=O) groups is 1. The molecule has 0 saturated heterocycles. The molecule has 0 heterocycles. The molecule has 19 heavy (non-hydrogen) atoms. The number of alkyl halides is 3. The van der Waals surface area contributed by atoms with Crippen molar-refractivity contribution < 1.29 is 18.0 Å². The van der Waals surface area contributed by atoms with E-state index in [9.17, 15) is 18.0 Å². The molecule has 1 amide bonds. The van der Waals surface area contributed by atoms with Gasteiger partial charge in [0.1, 0.15) is 0 Å².